The smallest absolute Gasteiger partial charge is 0.252 e. The highest BCUT2D eigenvalue weighted by Gasteiger charge is 2.46. The molecule has 0 aromatic heterocycles. The lowest BCUT2D eigenvalue weighted by Gasteiger charge is -2.20. The van der Waals surface area contributed by atoms with Crippen LogP contribution >= 0.6 is 0 Å². The Bertz CT molecular complexity index is 663. The predicted octanol–water partition coefficient (Wildman–Crippen LogP) is 1.69. The summed E-state index contributed by atoms with van der Waals surface area (Å²) >= 11 is 0. The van der Waals surface area contributed by atoms with Crippen LogP contribution in [-0.4, -0.2) is 43.0 Å². The molecule has 3 atom stereocenters. The van der Waals surface area contributed by atoms with Crippen LogP contribution in [0, 0.1) is 5.92 Å². The summed E-state index contributed by atoms with van der Waals surface area (Å²) in [4.78, 5) is 35.8. The average molecular weight is 389 g/mol. The number of nitrogens with one attached hydrogen (secondary N) is 3. The van der Waals surface area contributed by atoms with Gasteiger partial charge < -0.3 is 20.7 Å². The maximum absolute atomic E-state index is 12.5. The minimum Gasteiger partial charge on any atom is -0.356 e. The molecule has 2 rings (SSSR count). The van der Waals surface area contributed by atoms with Crippen LogP contribution in [0.15, 0.2) is 30.3 Å². The van der Waals surface area contributed by atoms with E-state index in [4.69, 9.17) is 4.74 Å². The minimum absolute atomic E-state index is 0.0557. The summed E-state index contributed by atoms with van der Waals surface area (Å²) in [6.45, 7) is 6.61. The molecule has 7 nitrogen and oxygen atoms in total. The van der Waals surface area contributed by atoms with Crippen molar-refractivity contribution in [3.63, 3.8) is 0 Å². The van der Waals surface area contributed by atoms with Crippen LogP contribution in [0.3, 0.4) is 0 Å². The van der Waals surface area contributed by atoms with Crippen molar-refractivity contribution >= 4 is 17.7 Å². The SMILES string of the molecule is CC(=O)NCCCCNC(=O)C(CC(C)C)NC(=O)C1OC1c1ccccc1. The van der Waals surface area contributed by atoms with E-state index in [1.165, 1.54) is 6.92 Å². The number of hydrogen-bond acceptors (Lipinski definition) is 4. The Morgan fingerprint density at radius 1 is 1.04 bits per heavy atom. The number of benzene rings is 1. The Balaban J connectivity index is 1.78. The number of carbonyl (C=O) groups excluding carboxylic acids is 3. The molecule has 28 heavy (non-hydrogen) atoms. The molecule has 3 unspecified atom stereocenters. The second-order valence-electron chi connectivity index (χ2n) is 7.56. The van der Waals surface area contributed by atoms with Crippen molar-refractivity contribution in [2.24, 2.45) is 5.92 Å². The zero-order valence-electron chi connectivity index (χ0n) is 16.9. The first-order chi connectivity index (χ1) is 13.4. The third kappa shape index (κ3) is 7.31. The van der Waals surface area contributed by atoms with Gasteiger partial charge in [0.2, 0.25) is 11.8 Å². The Morgan fingerprint density at radius 3 is 2.29 bits per heavy atom. The normalized spacial score (nSPS) is 19.0. The minimum atomic E-state index is -0.580. The molecule has 1 heterocycles. The van der Waals surface area contributed by atoms with E-state index in [9.17, 15) is 14.4 Å². The predicted molar refractivity (Wildman–Crippen MR) is 106 cm³/mol. The molecule has 1 aliphatic heterocycles. The third-order valence-electron chi connectivity index (χ3n) is 4.49. The maximum atomic E-state index is 12.5. The Kier molecular flexibility index (Phi) is 8.44. The van der Waals surface area contributed by atoms with E-state index in [0.29, 0.717) is 19.5 Å². The van der Waals surface area contributed by atoms with Gasteiger partial charge in [-0.25, -0.2) is 0 Å². The number of epoxide rings is 1. The molecule has 1 aromatic rings. The summed E-state index contributed by atoms with van der Waals surface area (Å²) in [5.74, 6) is -0.223. The zero-order chi connectivity index (χ0) is 20.5. The van der Waals surface area contributed by atoms with E-state index in [1.54, 1.807) is 0 Å². The monoisotopic (exact) mass is 389 g/mol. The van der Waals surface area contributed by atoms with Gasteiger partial charge in [0, 0.05) is 20.0 Å². The van der Waals surface area contributed by atoms with Gasteiger partial charge in [-0.1, -0.05) is 44.2 Å². The third-order valence-corrected chi connectivity index (χ3v) is 4.49. The highest BCUT2D eigenvalue weighted by molar-refractivity contribution is 5.90. The lowest BCUT2D eigenvalue weighted by Crippen LogP contribution is -2.49. The molecule has 1 fully saturated rings. The van der Waals surface area contributed by atoms with Gasteiger partial charge in [-0.3, -0.25) is 14.4 Å². The molecule has 0 spiro atoms. The van der Waals surface area contributed by atoms with E-state index in [2.05, 4.69) is 16.0 Å². The summed E-state index contributed by atoms with van der Waals surface area (Å²) in [7, 11) is 0. The number of ether oxygens (including phenoxy) is 1. The molecular weight excluding hydrogens is 358 g/mol. The topological polar surface area (TPSA) is 99.8 Å². The Morgan fingerprint density at radius 2 is 1.68 bits per heavy atom. The summed E-state index contributed by atoms with van der Waals surface area (Å²) in [6.07, 6.45) is 1.33. The van der Waals surface area contributed by atoms with E-state index in [1.807, 2.05) is 44.2 Å². The van der Waals surface area contributed by atoms with Crippen LogP contribution in [0.25, 0.3) is 0 Å². The molecule has 0 aliphatic carbocycles. The van der Waals surface area contributed by atoms with E-state index >= 15 is 0 Å². The number of unbranched alkanes of at least 4 members (excludes halogenated alkanes) is 1. The van der Waals surface area contributed by atoms with Crippen molar-refractivity contribution in [1.29, 1.82) is 0 Å². The number of hydrogen-bond donors (Lipinski definition) is 3. The molecule has 3 N–H and O–H groups in total. The maximum Gasteiger partial charge on any atom is 0.252 e. The largest absolute Gasteiger partial charge is 0.356 e. The van der Waals surface area contributed by atoms with Gasteiger partial charge in [-0.15, -0.1) is 0 Å². The number of amides is 3. The van der Waals surface area contributed by atoms with E-state index in [0.717, 1.165) is 18.4 Å². The molecule has 1 saturated heterocycles. The Labute approximate surface area is 166 Å². The van der Waals surface area contributed by atoms with Crippen molar-refractivity contribution in [3.8, 4) is 0 Å². The van der Waals surface area contributed by atoms with Gasteiger partial charge >= 0.3 is 0 Å². The zero-order valence-corrected chi connectivity index (χ0v) is 16.9. The summed E-state index contributed by atoms with van der Waals surface area (Å²) in [5, 5.41) is 8.44. The van der Waals surface area contributed by atoms with Crippen molar-refractivity contribution in [3.05, 3.63) is 35.9 Å². The fourth-order valence-corrected chi connectivity index (χ4v) is 3.01. The van der Waals surface area contributed by atoms with Crippen LogP contribution in [0.5, 0.6) is 0 Å². The standard InChI is InChI=1S/C21H31N3O4/c1-14(2)13-17(20(26)23-12-8-7-11-22-15(3)25)24-21(27)19-18(28-19)16-9-5-4-6-10-16/h4-6,9-10,14,17-19H,7-8,11-13H2,1-3H3,(H,22,25)(H,23,26)(H,24,27). The molecule has 7 heteroatoms. The van der Waals surface area contributed by atoms with Crippen molar-refractivity contribution < 1.29 is 19.1 Å². The molecule has 0 saturated carbocycles. The van der Waals surface area contributed by atoms with Crippen LogP contribution < -0.4 is 16.0 Å². The van der Waals surface area contributed by atoms with Gasteiger partial charge in [-0.2, -0.15) is 0 Å². The van der Waals surface area contributed by atoms with E-state index < -0.39 is 12.1 Å². The lowest BCUT2D eigenvalue weighted by molar-refractivity contribution is -0.130. The van der Waals surface area contributed by atoms with Gasteiger partial charge in [-0.05, 0) is 30.7 Å². The second kappa shape index (κ2) is 10.8. The first-order valence-corrected chi connectivity index (χ1v) is 9.91. The number of carbonyl (C=O) groups is 3. The summed E-state index contributed by atoms with van der Waals surface area (Å²) in [6, 6.07) is 9.01. The summed E-state index contributed by atoms with van der Waals surface area (Å²) in [5.41, 5.74) is 0.965. The molecule has 0 radical (unpaired) electrons. The van der Waals surface area contributed by atoms with Crippen molar-refractivity contribution in [2.75, 3.05) is 13.1 Å². The quantitative estimate of drug-likeness (QED) is 0.396. The highest BCUT2D eigenvalue weighted by Crippen LogP contribution is 2.38. The molecule has 3 amide bonds. The first kappa shape index (κ1) is 21.9. The summed E-state index contributed by atoms with van der Waals surface area (Å²) < 4.78 is 5.52. The molecule has 1 aliphatic rings. The highest BCUT2D eigenvalue weighted by atomic mass is 16.6. The average Bonchev–Trinajstić information content (AvgIpc) is 3.45. The first-order valence-electron chi connectivity index (χ1n) is 9.91. The van der Waals surface area contributed by atoms with Crippen LogP contribution in [0.1, 0.15) is 51.7 Å². The molecule has 154 valence electrons. The molecular formula is C21H31N3O4. The molecule has 1 aromatic carbocycles. The van der Waals surface area contributed by atoms with Crippen molar-refractivity contribution in [1.82, 2.24) is 16.0 Å². The van der Waals surface area contributed by atoms with Crippen LogP contribution in [0.4, 0.5) is 0 Å². The Hall–Kier alpha value is -2.41. The van der Waals surface area contributed by atoms with Crippen molar-refractivity contribution in [2.45, 2.75) is 58.3 Å². The van der Waals surface area contributed by atoms with Gasteiger partial charge in [0.25, 0.3) is 5.91 Å². The molecule has 0 bridgehead atoms. The van der Waals surface area contributed by atoms with Crippen LogP contribution in [0.2, 0.25) is 0 Å². The van der Waals surface area contributed by atoms with Gasteiger partial charge in [0.1, 0.15) is 12.1 Å². The second-order valence-corrected chi connectivity index (χ2v) is 7.56. The number of rotatable bonds is 11. The van der Waals surface area contributed by atoms with Gasteiger partial charge in [0.15, 0.2) is 6.10 Å². The fourth-order valence-electron chi connectivity index (χ4n) is 3.01. The lowest BCUT2D eigenvalue weighted by atomic mass is 10.0. The van der Waals surface area contributed by atoms with Crippen LogP contribution in [-0.2, 0) is 19.1 Å². The van der Waals surface area contributed by atoms with Gasteiger partial charge in [0.05, 0.1) is 0 Å². The van der Waals surface area contributed by atoms with E-state index in [-0.39, 0.29) is 29.7 Å². The fraction of sp³-hybridized carbons (Fsp3) is 0.571.